The van der Waals surface area contributed by atoms with E-state index in [0.717, 1.165) is 12.1 Å². The molecule has 0 aliphatic carbocycles. The van der Waals surface area contributed by atoms with Gasteiger partial charge in [-0.05, 0) is 24.3 Å². The van der Waals surface area contributed by atoms with Gasteiger partial charge in [0.25, 0.3) is 0 Å². The van der Waals surface area contributed by atoms with Crippen LogP contribution in [0.5, 0.6) is 0 Å². The molecule has 2 nitrogen and oxygen atoms in total. The van der Waals surface area contributed by atoms with Crippen LogP contribution in [0.1, 0.15) is 0 Å². The Balaban J connectivity index is 2.23. The van der Waals surface area contributed by atoms with Crippen molar-refractivity contribution in [2.75, 3.05) is 0 Å². The van der Waals surface area contributed by atoms with Crippen molar-refractivity contribution in [1.29, 1.82) is 0 Å². The molecular weight excluding hydrogens is 321 g/mol. The number of nitrogens with zero attached hydrogens (tertiary/aromatic N) is 1. The van der Waals surface area contributed by atoms with E-state index in [1.807, 2.05) is 0 Å². The Labute approximate surface area is 114 Å². The summed E-state index contributed by atoms with van der Waals surface area (Å²) in [5.41, 5.74) is 0.701. The van der Waals surface area contributed by atoms with Crippen LogP contribution < -0.4 is 0 Å². The summed E-state index contributed by atoms with van der Waals surface area (Å²) in [4.78, 5) is 6.79. The standard InChI is InChI=1S/C13H6BrF3N2/c14-7-1-6(2-8(15)3-7)13-18-11-5-9(16)4-10(17)12(11)19-13/h1-5H,(H,18,19). The van der Waals surface area contributed by atoms with Gasteiger partial charge in [0.05, 0.1) is 5.52 Å². The summed E-state index contributed by atoms with van der Waals surface area (Å²) in [6.07, 6.45) is 0. The van der Waals surface area contributed by atoms with Gasteiger partial charge >= 0.3 is 0 Å². The monoisotopic (exact) mass is 326 g/mol. The number of hydrogen-bond acceptors (Lipinski definition) is 1. The topological polar surface area (TPSA) is 28.7 Å². The van der Waals surface area contributed by atoms with Gasteiger partial charge in [0.2, 0.25) is 0 Å². The molecule has 1 aromatic heterocycles. The lowest BCUT2D eigenvalue weighted by atomic mass is 10.2. The molecule has 19 heavy (non-hydrogen) atoms. The second kappa shape index (κ2) is 4.38. The molecule has 0 fully saturated rings. The molecule has 0 saturated carbocycles. The van der Waals surface area contributed by atoms with Crippen molar-refractivity contribution in [2.45, 2.75) is 0 Å². The molecule has 0 aliphatic rings. The van der Waals surface area contributed by atoms with Gasteiger partial charge < -0.3 is 4.98 Å². The number of nitrogens with one attached hydrogen (secondary N) is 1. The predicted octanol–water partition coefficient (Wildman–Crippen LogP) is 4.41. The fourth-order valence-electron chi connectivity index (χ4n) is 1.87. The summed E-state index contributed by atoms with van der Waals surface area (Å²) in [6.45, 7) is 0. The van der Waals surface area contributed by atoms with Crippen LogP contribution in [0.3, 0.4) is 0 Å². The van der Waals surface area contributed by atoms with Crippen molar-refractivity contribution in [2.24, 2.45) is 0 Å². The number of H-pyrrole nitrogens is 1. The summed E-state index contributed by atoms with van der Waals surface area (Å²) in [7, 11) is 0. The number of imidazole rings is 1. The molecule has 0 bridgehead atoms. The van der Waals surface area contributed by atoms with Gasteiger partial charge in [-0.15, -0.1) is 0 Å². The molecule has 0 unspecified atom stereocenters. The first kappa shape index (κ1) is 12.2. The van der Waals surface area contributed by atoms with Crippen LogP contribution >= 0.6 is 15.9 Å². The van der Waals surface area contributed by atoms with E-state index in [1.165, 1.54) is 12.1 Å². The van der Waals surface area contributed by atoms with E-state index < -0.39 is 17.5 Å². The van der Waals surface area contributed by atoms with E-state index in [4.69, 9.17) is 0 Å². The van der Waals surface area contributed by atoms with Gasteiger partial charge in [-0.1, -0.05) is 15.9 Å². The van der Waals surface area contributed by atoms with Crippen LogP contribution in [0.15, 0.2) is 34.8 Å². The molecule has 0 saturated heterocycles. The Morgan fingerprint density at radius 2 is 1.68 bits per heavy atom. The average molecular weight is 327 g/mol. The Morgan fingerprint density at radius 1 is 0.947 bits per heavy atom. The molecule has 2 aromatic carbocycles. The van der Waals surface area contributed by atoms with Crippen molar-refractivity contribution in [1.82, 2.24) is 9.97 Å². The number of aromatic amines is 1. The maximum Gasteiger partial charge on any atom is 0.153 e. The van der Waals surface area contributed by atoms with Gasteiger partial charge in [0, 0.05) is 16.1 Å². The number of hydrogen-bond donors (Lipinski definition) is 1. The molecule has 0 radical (unpaired) electrons. The molecule has 1 N–H and O–H groups in total. The Morgan fingerprint density at radius 3 is 2.42 bits per heavy atom. The highest BCUT2D eigenvalue weighted by molar-refractivity contribution is 9.10. The molecule has 96 valence electrons. The fourth-order valence-corrected chi connectivity index (χ4v) is 2.33. The first-order chi connectivity index (χ1) is 9.02. The SMILES string of the molecule is Fc1cc(Br)cc(-c2nc3c(F)cc(F)cc3[nH]2)c1. The highest BCUT2D eigenvalue weighted by Crippen LogP contribution is 2.26. The third kappa shape index (κ3) is 2.23. The van der Waals surface area contributed by atoms with Crippen LogP contribution in [0.4, 0.5) is 13.2 Å². The predicted molar refractivity (Wildman–Crippen MR) is 69.1 cm³/mol. The third-order valence-electron chi connectivity index (χ3n) is 2.64. The van der Waals surface area contributed by atoms with Gasteiger partial charge in [0.15, 0.2) is 5.82 Å². The minimum absolute atomic E-state index is 0.0248. The molecule has 3 rings (SSSR count). The maximum absolute atomic E-state index is 13.5. The number of aromatic nitrogens is 2. The van der Waals surface area contributed by atoms with E-state index in [9.17, 15) is 13.2 Å². The highest BCUT2D eigenvalue weighted by Gasteiger charge is 2.12. The van der Waals surface area contributed by atoms with E-state index >= 15 is 0 Å². The van der Waals surface area contributed by atoms with Gasteiger partial charge in [-0.3, -0.25) is 0 Å². The first-order valence-corrected chi connectivity index (χ1v) is 6.13. The lowest BCUT2D eigenvalue weighted by molar-refractivity contribution is 0.591. The van der Waals surface area contributed by atoms with Crippen LogP contribution in [-0.4, -0.2) is 9.97 Å². The lowest BCUT2D eigenvalue weighted by Crippen LogP contribution is -1.83. The Kier molecular flexibility index (Phi) is 2.82. The number of halogens is 4. The molecule has 0 aliphatic heterocycles. The van der Waals surface area contributed by atoms with Crippen LogP contribution in [0.2, 0.25) is 0 Å². The van der Waals surface area contributed by atoms with E-state index in [0.29, 0.717) is 10.0 Å². The van der Waals surface area contributed by atoms with Crippen LogP contribution in [0, 0.1) is 17.5 Å². The van der Waals surface area contributed by atoms with Gasteiger partial charge in [-0.25, -0.2) is 18.2 Å². The second-order valence-corrected chi connectivity index (χ2v) is 4.94. The van der Waals surface area contributed by atoms with Gasteiger partial charge in [0.1, 0.15) is 23.0 Å². The Hall–Kier alpha value is -1.82. The zero-order chi connectivity index (χ0) is 13.6. The largest absolute Gasteiger partial charge is 0.338 e. The van der Waals surface area contributed by atoms with Crippen molar-refractivity contribution < 1.29 is 13.2 Å². The van der Waals surface area contributed by atoms with Crippen molar-refractivity contribution in [3.63, 3.8) is 0 Å². The molecular formula is C13H6BrF3N2. The van der Waals surface area contributed by atoms with E-state index in [-0.39, 0.29) is 16.9 Å². The zero-order valence-corrected chi connectivity index (χ0v) is 10.9. The zero-order valence-electron chi connectivity index (χ0n) is 9.35. The minimum atomic E-state index is -0.757. The van der Waals surface area contributed by atoms with Crippen molar-refractivity contribution in [3.8, 4) is 11.4 Å². The average Bonchev–Trinajstić information content (AvgIpc) is 2.71. The fraction of sp³-hybridized carbons (Fsp3) is 0. The van der Waals surface area contributed by atoms with E-state index in [1.54, 1.807) is 6.07 Å². The smallest absolute Gasteiger partial charge is 0.153 e. The van der Waals surface area contributed by atoms with Crippen molar-refractivity contribution in [3.05, 3.63) is 52.3 Å². The summed E-state index contributed by atoms with van der Waals surface area (Å²) < 4.78 is 40.5. The number of benzene rings is 2. The van der Waals surface area contributed by atoms with Crippen LogP contribution in [-0.2, 0) is 0 Å². The molecule has 3 aromatic rings. The Bertz CT molecular complexity index is 763. The maximum atomic E-state index is 13.5. The quantitative estimate of drug-likeness (QED) is 0.705. The van der Waals surface area contributed by atoms with Crippen molar-refractivity contribution >= 4 is 27.0 Å². The van der Waals surface area contributed by atoms with Gasteiger partial charge in [-0.2, -0.15) is 0 Å². The highest BCUT2D eigenvalue weighted by atomic mass is 79.9. The molecule has 0 amide bonds. The number of rotatable bonds is 1. The number of fused-ring (bicyclic) bond motifs is 1. The second-order valence-electron chi connectivity index (χ2n) is 4.03. The molecule has 6 heteroatoms. The first-order valence-electron chi connectivity index (χ1n) is 5.34. The lowest BCUT2D eigenvalue weighted by Gasteiger charge is -1.98. The summed E-state index contributed by atoms with van der Waals surface area (Å²) in [6, 6.07) is 6.09. The molecule has 1 heterocycles. The van der Waals surface area contributed by atoms with E-state index in [2.05, 4.69) is 25.9 Å². The summed E-state index contributed by atoms with van der Waals surface area (Å²) in [5.74, 6) is -1.62. The molecule has 0 spiro atoms. The summed E-state index contributed by atoms with van der Waals surface area (Å²) in [5, 5.41) is 0. The third-order valence-corrected chi connectivity index (χ3v) is 3.10. The van der Waals surface area contributed by atoms with Crippen LogP contribution in [0.25, 0.3) is 22.4 Å². The summed E-state index contributed by atoms with van der Waals surface area (Å²) >= 11 is 3.16. The normalized spacial score (nSPS) is 11.2. The minimum Gasteiger partial charge on any atom is -0.338 e. The molecule has 0 atom stereocenters.